The minimum absolute atomic E-state index is 0.0496. The standard InChI is InChI=1S/C19H17N7O2/c20-19-21-8-7-16(24-19)22-13-5-6-15-14(9-13)17(26-25-15)18(28)23-12-3-1-11(10-27)2-4-12/h1-9,27H,10H2,(H,23,28)(H,25,26)(H3,20,21,22,24). The average molecular weight is 375 g/mol. The van der Waals surface area contributed by atoms with Crippen LogP contribution >= 0.6 is 0 Å². The molecule has 0 fully saturated rings. The molecule has 0 atom stereocenters. The van der Waals surface area contributed by atoms with Gasteiger partial charge in [-0.1, -0.05) is 12.1 Å². The molecule has 1 amide bonds. The first-order valence-corrected chi connectivity index (χ1v) is 8.47. The van der Waals surface area contributed by atoms with Crippen LogP contribution in [0.15, 0.2) is 54.7 Å². The van der Waals surface area contributed by atoms with Crippen molar-refractivity contribution < 1.29 is 9.90 Å². The molecule has 2 aromatic carbocycles. The van der Waals surface area contributed by atoms with E-state index >= 15 is 0 Å². The molecule has 0 spiro atoms. The highest BCUT2D eigenvalue weighted by atomic mass is 16.3. The lowest BCUT2D eigenvalue weighted by Gasteiger charge is -2.07. The largest absolute Gasteiger partial charge is 0.392 e. The number of hydrogen-bond acceptors (Lipinski definition) is 7. The van der Waals surface area contributed by atoms with Gasteiger partial charge in [0.2, 0.25) is 5.95 Å². The van der Waals surface area contributed by atoms with E-state index in [1.54, 1.807) is 42.6 Å². The molecule has 0 aliphatic heterocycles. The van der Waals surface area contributed by atoms with Gasteiger partial charge in [-0.05, 0) is 42.0 Å². The van der Waals surface area contributed by atoms with E-state index in [-0.39, 0.29) is 24.2 Å². The Morgan fingerprint density at radius 1 is 1.11 bits per heavy atom. The van der Waals surface area contributed by atoms with Crippen molar-refractivity contribution in [3.05, 3.63) is 66.0 Å². The minimum atomic E-state index is -0.341. The zero-order chi connectivity index (χ0) is 19.5. The summed E-state index contributed by atoms with van der Waals surface area (Å²) in [7, 11) is 0. The number of nitrogens with zero attached hydrogens (tertiary/aromatic N) is 3. The number of anilines is 4. The first-order valence-electron chi connectivity index (χ1n) is 8.47. The van der Waals surface area contributed by atoms with E-state index in [4.69, 9.17) is 10.8 Å². The number of H-pyrrole nitrogens is 1. The highest BCUT2D eigenvalue weighted by Crippen LogP contribution is 2.24. The summed E-state index contributed by atoms with van der Waals surface area (Å²) >= 11 is 0. The molecule has 2 aromatic heterocycles. The number of hydrogen-bond donors (Lipinski definition) is 5. The Hall–Kier alpha value is -3.98. The number of nitrogen functional groups attached to an aromatic ring is 1. The zero-order valence-corrected chi connectivity index (χ0v) is 14.7. The molecule has 0 saturated heterocycles. The molecule has 0 unspecified atom stereocenters. The van der Waals surface area contributed by atoms with Gasteiger partial charge >= 0.3 is 0 Å². The van der Waals surface area contributed by atoms with Crippen LogP contribution in [-0.2, 0) is 6.61 Å². The van der Waals surface area contributed by atoms with E-state index in [0.29, 0.717) is 16.9 Å². The van der Waals surface area contributed by atoms with E-state index < -0.39 is 0 Å². The maximum atomic E-state index is 12.7. The van der Waals surface area contributed by atoms with Crippen molar-refractivity contribution in [1.29, 1.82) is 0 Å². The first-order chi connectivity index (χ1) is 13.6. The van der Waals surface area contributed by atoms with Crippen molar-refractivity contribution in [2.75, 3.05) is 16.4 Å². The Bertz CT molecular complexity index is 1140. The van der Waals surface area contributed by atoms with Crippen LogP contribution in [0.3, 0.4) is 0 Å². The molecule has 0 radical (unpaired) electrons. The maximum Gasteiger partial charge on any atom is 0.276 e. The second kappa shape index (κ2) is 7.33. The number of fused-ring (bicyclic) bond motifs is 1. The van der Waals surface area contributed by atoms with Gasteiger partial charge in [-0.2, -0.15) is 10.1 Å². The van der Waals surface area contributed by atoms with Gasteiger partial charge in [0, 0.05) is 23.0 Å². The quantitative estimate of drug-likeness (QED) is 0.360. The molecule has 0 saturated carbocycles. The van der Waals surface area contributed by atoms with Gasteiger partial charge in [0.1, 0.15) is 5.82 Å². The number of benzene rings is 2. The molecular formula is C19H17N7O2. The van der Waals surface area contributed by atoms with Gasteiger partial charge < -0.3 is 21.5 Å². The molecule has 9 heteroatoms. The molecule has 28 heavy (non-hydrogen) atoms. The minimum Gasteiger partial charge on any atom is -0.392 e. The van der Waals surface area contributed by atoms with Crippen molar-refractivity contribution in [3.8, 4) is 0 Å². The predicted octanol–water partition coefficient (Wildman–Crippen LogP) is 2.42. The zero-order valence-electron chi connectivity index (χ0n) is 14.7. The van der Waals surface area contributed by atoms with Crippen molar-refractivity contribution in [2.24, 2.45) is 0 Å². The molecule has 9 nitrogen and oxygen atoms in total. The average Bonchev–Trinajstić information content (AvgIpc) is 3.12. The number of carbonyl (C=O) groups excluding carboxylic acids is 1. The Kier molecular flexibility index (Phi) is 4.56. The highest BCUT2D eigenvalue weighted by Gasteiger charge is 2.15. The Balaban J connectivity index is 1.59. The van der Waals surface area contributed by atoms with Crippen LogP contribution in [0, 0.1) is 0 Å². The van der Waals surface area contributed by atoms with Crippen LogP contribution in [0.1, 0.15) is 16.1 Å². The smallest absolute Gasteiger partial charge is 0.276 e. The summed E-state index contributed by atoms with van der Waals surface area (Å²) < 4.78 is 0. The Labute approximate surface area is 159 Å². The van der Waals surface area contributed by atoms with Crippen LogP contribution in [-0.4, -0.2) is 31.2 Å². The number of aromatic amines is 1. The number of amides is 1. The van der Waals surface area contributed by atoms with Crippen LogP contribution in [0.5, 0.6) is 0 Å². The van der Waals surface area contributed by atoms with E-state index in [9.17, 15) is 4.79 Å². The summed E-state index contributed by atoms with van der Waals surface area (Å²) in [5, 5.41) is 22.7. The molecular weight excluding hydrogens is 358 g/mol. The van der Waals surface area contributed by atoms with Crippen molar-refractivity contribution >= 4 is 40.0 Å². The maximum absolute atomic E-state index is 12.7. The van der Waals surface area contributed by atoms with Crippen molar-refractivity contribution in [3.63, 3.8) is 0 Å². The van der Waals surface area contributed by atoms with E-state index in [1.165, 1.54) is 0 Å². The lowest BCUT2D eigenvalue weighted by atomic mass is 10.1. The van der Waals surface area contributed by atoms with Crippen LogP contribution in [0.4, 0.5) is 23.1 Å². The summed E-state index contributed by atoms with van der Waals surface area (Å²) in [5.41, 5.74) is 8.71. The van der Waals surface area contributed by atoms with Gasteiger partial charge in [0.15, 0.2) is 5.69 Å². The molecule has 4 aromatic rings. The summed E-state index contributed by atoms with van der Waals surface area (Å²) in [5.74, 6) is 0.374. The van der Waals surface area contributed by atoms with Crippen LogP contribution < -0.4 is 16.4 Å². The third kappa shape index (κ3) is 3.60. The van der Waals surface area contributed by atoms with Crippen LogP contribution in [0.25, 0.3) is 10.9 Å². The fraction of sp³-hybridized carbons (Fsp3) is 0.0526. The second-order valence-corrected chi connectivity index (χ2v) is 6.07. The third-order valence-corrected chi connectivity index (χ3v) is 4.12. The monoisotopic (exact) mass is 375 g/mol. The SMILES string of the molecule is Nc1nccc(Nc2ccc3[nH]nc(C(=O)Nc4ccc(CO)cc4)c3c2)n1. The predicted molar refractivity (Wildman–Crippen MR) is 106 cm³/mol. The number of nitrogens with two attached hydrogens (primary N) is 1. The highest BCUT2D eigenvalue weighted by molar-refractivity contribution is 6.11. The number of carbonyl (C=O) groups is 1. The summed E-state index contributed by atoms with van der Waals surface area (Å²) in [4.78, 5) is 20.6. The van der Waals surface area contributed by atoms with Gasteiger partial charge in [0.05, 0.1) is 12.1 Å². The fourth-order valence-electron chi connectivity index (χ4n) is 2.74. The molecule has 0 aliphatic rings. The lowest BCUT2D eigenvalue weighted by Crippen LogP contribution is -2.12. The lowest BCUT2D eigenvalue weighted by molar-refractivity contribution is 0.102. The molecule has 6 N–H and O–H groups in total. The van der Waals surface area contributed by atoms with Gasteiger partial charge in [-0.25, -0.2) is 4.98 Å². The van der Waals surface area contributed by atoms with E-state index in [1.807, 2.05) is 12.1 Å². The molecule has 0 aliphatic carbocycles. The number of aromatic nitrogens is 4. The van der Waals surface area contributed by atoms with Gasteiger partial charge in [-0.3, -0.25) is 9.89 Å². The first kappa shape index (κ1) is 17.4. The number of rotatable bonds is 5. The van der Waals surface area contributed by atoms with Crippen LogP contribution in [0.2, 0.25) is 0 Å². The van der Waals surface area contributed by atoms with Gasteiger partial charge in [-0.15, -0.1) is 0 Å². The molecule has 4 rings (SSSR count). The Morgan fingerprint density at radius 3 is 2.64 bits per heavy atom. The topological polar surface area (TPSA) is 142 Å². The molecule has 140 valence electrons. The number of aliphatic hydroxyl groups excluding tert-OH is 1. The van der Waals surface area contributed by atoms with Crippen molar-refractivity contribution in [1.82, 2.24) is 20.2 Å². The number of nitrogens with one attached hydrogen (secondary N) is 3. The molecule has 0 bridgehead atoms. The van der Waals surface area contributed by atoms with Gasteiger partial charge in [0.25, 0.3) is 5.91 Å². The second-order valence-electron chi connectivity index (χ2n) is 6.07. The normalized spacial score (nSPS) is 10.8. The molecule has 2 heterocycles. The summed E-state index contributed by atoms with van der Waals surface area (Å²) in [6.45, 7) is -0.0496. The van der Waals surface area contributed by atoms with Crippen molar-refractivity contribution in [2.45, 2.75) is 6.61 Å². The fourth-order valence-corrected chi connectivity index (χ4v) is 2.74. The van der Waals surface area contributed by atoms with E-state index in [2.05, 4.69) is 30.8 Å². The third-order valence-electron chi connectivity index (χ3n) is 4.12. The summed E-state index contributed by atoms with van der Waals surface area (Å²) in [6.07, 6.45) is 1.56. The summed E-state index contributed by atoms with van der Waals surface area (Å²) in [6, 6.07) is 14.1. The van der Waals surface area contributed by atoms with E-state index in [0.717, 1.165) is 16.8 Å². The Morgan fingerprint density at radius 2 is 1.89 bits per heavy atom. The number of aliphatic hydroxyl groups is 1.